The Bertz CT molecular complexity index is 157. The molecule has 1 unspecified atom stereocenters. The van der Waals surface area contributed by atoms with Crippen LogP contribution in [0.1, 0.15) is 52.9 Å². The molecule has 0 radical (unpaired) electrons. The fraction of sp³-hybridized carbons (Fsp3) is 0.909. The molecule has 1 atom stereocenters. The first-order valence-electron chi connectivity index (χ1n) is 5.51. The highest BCUT2D eigenvalue weighted by Crippen LogP contribution is 2.13. The van der Waals surface area contributed by atoms with Gasteiger partial charge in [0.15, 0.2) is 0 Å². The lowest BCUT2D eigenvalue weighted by molar-refractivity contribution is -0.133. The first-order valence-corrected chi connectivity index (χ1v) is 5.51. The van der Waals surface area contributed by atoms with Crippen LogP contribution in [0, 0.1) is 11.8 Å². The van der Waals surface area contributed by atoms with Crippen molar-refractivity contribution >= 4 is 5.91 Å². The van der Waals surface area contributed by atoms with E-state index in [4.69, 9.17) is 5.21 Å². The normalized spacial score (nSPS) is 12.9. The van der Waals surface area contributed by atoms with Crippen molar-refractivity contribution in [1.82, 2.24) is 5.48 Å². The molecule has 2 N–H and O–H groups in total. The molecule has 0 aliphatic rings. The van der Waals surface area contributed by atoms with Gasteiger partial charge in [0.2, 0.25) is 5.91 Å². The van der Waals surface area contributed by atoms with E-state index in [0.29, 0.717) is 0 Å². The van der Waals surface area contributed by atoms with Gasteiger partial charge < -0.3 is 0 Å². The zero-order valence-corrected chi connectivity index (χ0v) is 9.55. The Kier molecular flexibility index (Phi) is 7.48. The second-order valence-corrected chi connectivity index (χ2v) is 4.41. The van der Waals surface area contributed by atoms with Gasteiger partial charge in [-0.2, -0.15) is 0 Å². The van der Waals surface area contributed by atoms with Gasteiger partial charge in [-0.05, 0) is 12.3 Å². The van der Waals surface area contributed by atoms with Crippen LogP contribution in [0.2, 0.25) is 0 Å². The van der Waals surface area contributed by atoms with Crippen molar-refractivity contribution in [2.45, 2.75) is 52.9 Å². The molecule has 0 bridgehead atoms. The third-order valence-corrected chi connectivity index (χ3v) is 2.48. The molecule has 0 aliphatic heterocycles. The summed E-state index contributed by atoms with van der Waals surface area (Å²) in [5, 5.41) is 8.38. The number of hydrogen-bond donors (Lipinski definition) is 2. The predicted molar refractivity (Wildman–Crippen MR) is 57.0 cm³/mol. The average Bonchev–Trinajstić information content (AvgIpc) is 2.15. The van der Waals surface area contributed by atoms with Crippen LogP contribution in [0.3, 0.4) is 0 Å². The van der Waals surface area contributed by atoms with Crippen molar-refractivity contribution < 1.29 is 10.0 Å². The number of hydroxylamine groups is 1. The minimum absolute atomic E-state index is 0.0703. The van der Waals surface area contributed by atoms with Gasteiger partial charge in [0.25, 0.3) is 0 Å². The molecule has 0 fully saturated rings. The Morgan fingerprint density at radius 2 is 1.71 bits per heavy atom. The summed E-state index contributed by atoms with van der Waals surface area (Å²) >= 11 is 0. The van der Waals surface area contributed by atoms with Crippen LogP contribution in [-0.2, 0) is 4.79 Å². The van der Waals surface area contributed by atoms with E-state index in [1.807, 2.05) is 6.92 Å². The van der Waals surface area contributed by atoms with Crippen molar-refractivity contribution in [2.24, 2.45) is 11.8 Å². The minimum Gasteiger partial charge on any atom is -0.289 e. The number of unbranched alkanes of at least 4 members (excludes halogenated alkanes) is 2. The molecule has 0 rings (SSSR count). The smallest absolute Gasteiger partial charge is 0.246 e. The second-order valence-electron chi connectivity index (χ2n) is 4.41. The largest absolute Gasteiger partial charge is 0.289 e. The zero-order valence-electron chi connectivity index (χ0n) is 9.55. The summed E-state index contributed by atoms with van der Waals surface area (Å²) in [7, 11) is 0. The van der Waals surface area contributed by atoms with Gasteiger partial charge in [0.05, 0.1) is 0 Å². The highest BCUT2D eigenvalue weighted by Gasteiger charge is 2.10. The summed E-state index contributed by atoms with van der Waals surface area (Å²) in [6.07, 6.45) is 5.62. The van der Waals surface area contributed by atoms with Gasteiger partial charge in [-0.25, -0.2) is 5.48 Å². The van der Waals surface area contributed by atoms with Crippen LogP contribution in [0.25, 0.3) is 0 Å². The van der Waals surface area contributed by atoms with E-state index in [0.717, 1.165) is 18.8 Å². The molecule has 0 heterocycles. The van der Waals surface area contributed by atoms with Crippen molar-refractivity contribution in [3.8, 4) is 0 Å². The number of carbonyl (C=O) groups is 1. The number of nitrogens with one attached hydrogen (secondary N) is 1. The van der Waals surface area contributed by atoms with Crippen LogP contribution in [-0.4, -0.2) is 11.1 Å². The molecule has 0 saturated carbocycles. The molecule has 3 heteroatoms. The van der Waals surface area contributed by atoms with Crippen molar-refractivity contribution in [3.05, 3.63) is 0 Å². The van der Waals surface area contributed by atoms with Crippen LogP contribution in [0.5, 0.6) is 0 Å². The lowest BCUT2D eigenvalue weighted by Gasteiger charge is -2.08. The summed E-state index contributed by atoms with van der Waals surface area (Å²) in [5.41, 5.74) is 1.68. The maximum Gasteiger partial charge on any atom is 0.246 e. The summed E-state index contributed by atoms with van der Waals surface area (Å²) in [4.78, 5) is 10.9. The molecule has 0 saturated heterocycles. The first-order chi connectivity index (χ1) is 6.57. The third kappa shape index (κ3) is 6.89. The molecular formula is C11H23NO2. The Morgan fingerprint density at radius 3 is 2.21 bits per heavy atom. The van der Waals surface area contributed by atoms with E-state index in [2.05, 4.69) is 13.8 Å². The quantitative estimate of drug-likeness (QED) is 0.378. The van der Waals surface area contributed by atoms with Crippen molar-refractivity contribution in [3.63, 3.8) is 0 Å². The SMILES string of the molecule is CC(C)CCCCCC(C)C(=O)NO. The van der Waals surface area contributed by atoms with E-state index < -0.39 is 0 Å². The number of hydrogen-bond acceptors (Lipinski definition) is 2. The molecule has 0 aromatic heterocycles. The molecule has 3 nitrogen and oxygen atoms in total. The molecule has 1 amide bonds. The first kappa shape index (κ1) is 13.4. The lowest BCUT2D eigenvalue weighted by atomic mass is 10.00. The highest BCUT2D eigenvalue weighted by molar-refractivity contribution is 5.76. The molecular weight excluding hydrogens is 178 g/mol. The Labute approximate surface area is 86.8 Å². The van der Waals surface area contributed by atoms with E-state index in [1.165, 1.54) is 19.3 Å². The van der Waals surface area contributed by atoms with E-state index in [9.17, 15) is 4.79 Å². The number of carbonyl (C=O) groups excluding carboxylic acids is 1. The highest BCUT2D eigenvalue weighted by atomic mass is 16.5. The van der Waals surface area contributed by atoms with Crippen LogP contribution in [0.15, 0.2) is 0 Å². The van der Waals surface area contributed by atoms with E-state index >= 15 is 0 Å². The summed E-state index contributed by atoms with van der Waals surface area (Å²) < 4.78 is 0. The molecule has 0 aliphatic carbocycles. The Hall–Kier alpha value is -0.570. The van der Waals surface area contributed by atoms with E-state index in [1.54, 1.807) is 5.48 Å². The Balaban J connectivity index is 3.31. The van der Waals surface area contributed by atoms with Gasteiger partial charge in [-0.3, -0.25) is 10.0 Å². The average molecular weight is 201 g/mol. The summed E-state index contributed by atoms with van der Waals surface area (Å²) in [6, 6.07) is 0. The molecule has 14 heavy (non-hydrogen) atoms. The van der Waals surface area contributed by atoms with Gasteiger partial charge >= 0.3 is 0 Å². The van der Waals surface area contributed by atoms with Crippen LogP contribution >= 0.6 is 0 Å². The second kappa shape index (κ2) is 7.80. The lowest BCUT2D eigenvalue weighted by Crippen LogP contribution is -2.25. The Morgan fingerprint density at radius 1 is 1.14 bits per heavy atom. The van der Waals surface area contributed by atoms with Gasteiger partial charge in [0, 0.05) is 5.92 Å². The van der Waals surface area contributed by atoms with Crippen LogP contribution in [0.4, 0.5) is 0 Å². The topological polar surface area (TPSA) is 49.3 Å². The number of amides is 1. The van der Waals surface area contributed by atoms with Crippen LogP contribution < -0.4 is 5.48 Å². The predicted octanol–water partition coefficient (Wildman–Crippen LogP) is 2.73. The molecule has 0 aromatic carbocycles. The van der Waals surface area contributed by atoms with Gasteiger partial charge in [-0.1, -0.05) is 46.5 Å². The number of rotatable bonds is 7. The van der Waals surface area contributed by atoms with Gasteiger partial charge in [0.1, 0.15) is 0 Å². The molecule has 84 valence electrons. The molecule has 0 spiro atoms. The fourth-order valence-corrected chi connectivity index (χ4v) is 1.42. The van der Waals surface area contributed by atoms with Gasteiger partial charge in [-0.15, -0.1) is 0 Å². The maximum absolute atomic E-state index is 10.9. The fourth-order valence-electron chi connectivity index (χ4n) is 1.42. The summed E-state index contributed by atoms with van der Waals surface area (Å²) in [6.45, 7) is 6.29. The standard InChI is InChI=1S/C11H23NO2/c1-9(2)7-5-4-6-8-10(3)11(13)12-14/h9-10,14H,4-8H2,1-3H3,(H,12,13). The van der Waals surface area contributed by atoms with Crippen molar-refractivity contribution in [2.75, 3.05) is 0 Å². The van der Waals surface area contributed by atoms with E-state index in [-0.39, 0.29) is 11.8 Å². The summed E-state index contributed by atoms with van der Waals surface area (Å²) in [5.74, 6) is 0.432. The molecule has 0 aromatic rings. The third-order valence-electron chi connectivity index (χ3n) is 2.48. The minimum atomic E-state index is -0.270. The zero-order chi connectivity index (χ0) is 11.0. The monoisotopic (exact) mass is 201 g/mol. The maximum atomic E-state index is 10.9. The van der Waals surface area contributed by atoms with Crippen molar-refractivity contribution in [1.29, 1.82) is 0 Å².